The lowest BCUT2D eigenvalue weighted by atomic mass is 10.1. The first kappa shape index (κ1) is 10.6. The molecule has 0 N–H and O–H groups in total. The summed E-state index contributed by atoms with van der Waals surface area (Å²) in [5.41, 5.74) is 1.24. The van der Waals surface area contributed by atoms with Gasteiger partial charge in [0.05, 0.1) is 6.10 Å². The molecule has 1 saturated heterocycles. The minimum absolute atomic E-state index is 0.0117. The Balaban J connectivity index is 2.39. The third-order valence-electron chi connectivity index (χ3n) is 1.81. The Hall–Kier alpha value is -0.440. The van der Waals surface area contributed by atoms with E-state index in [0.29, 0.717) is 0 Å². The van der Waals surface area contributed by atoms with Crippen molar-refractivity contribution >= 4 is 17.7 Å². The normalized spacial score (nSPS) is 17.3. The van der Waals surface area contributed by atoms with Crippen molar-refractivity contribution in [3.05, 3.63) is 11.6 Å². The van der Waals surface area contributed by atoms with Gasteiger partial charge >= 0.3 is 5.97 Å². The fraction of sp³-hybridized carbons (Fsp3) is 0.700. The summed E-state index contributed by atoms with van der Waals surface area (Å²) in [6.07, 6.45) is 3.73. The van der Waals surface area contributed by atoms with Crippen molar-refractivity contribution < 1.29 is 9.53 Å². The Morgan fingerprint density at radius 1 is 1.46 bits per heavy atom. The molecule has 1 aliphatic heterocycles. The lowest BCUT2D eigenvalue weighted by Crippen LogP contribution is -2.10. The lowest BCUT2D eigenvalue weighted by Gasteiger charge is -2.13. The number of thioether (sulfide) groups is 1. The van der Waals surface area contributed by atoms with Crippen LogP contribution < -0.4 is 0 Å². The van der Waals surface area contributed by atoms with E-state index in [-0.39, 0.29) is 12.1 Å². The van der Waals surface area contributed by atoms with Gasteiger partial charge in [0.15, 0.2) is 0 Å². The first-order valence-electron chi connectivity index (χ1n) is 4.66. The molecule has 0 unspecified atom stereocenters. The second-order valence-electron chi connectivity index (χ2n) is 3.40. The minimum Gasteiger partial charge on any atom is -0.460 e. The summed E-state index contributed by atoms with van der Waals surface area (Å²) in [6, 6.07) is 0. The molecule has 0 bridgehead atoms. The molecular weight excluding hydrogens is 184 g/mol. The number of hydrogen-bond acceptors (Lipinski definition) is 3. The Morgan fingerprint density at radius 3 is 2.62 bits per heavy atom. The van der Waals surface area contributed by atoms with Crippen LogP contribution in [0.1, 0.15) is 26.7 Å². The zero-order valence-electron chi connectivity index (χ0n) is 8.21. The van der Waals surface area contributed by atoms with Crippen LogP contribution in [0.4, 0.5) is 0 Å². The number of allylic oxidation sites excluding steroid dienone is 1. The molecule has 74 valence electrons. The minimum atomic E-state index is -0.183. The largest absolute Gasteiger partial charge is 0.460 e. The van der Waals surface area contributed by atoms with Gasteiger partial charge in [0.25, 0.3) is 0 Å². The molecule has 0 aromatic carbocycles. The van der Waals surface area contributed by atoms with E-state index in [1.165, 1.54) is 5.57 Å². The molecular formula is C10H16O2S. The van der Waals surface area contributed by atoms with Crippen LogP contribution in [0.25, 0.3) is 0 Å². The van der Waals surface area contributed by atoms with E-state index in [1.54, 1.807) is 6.08 Å². The van der Waals surface area contributed by atoms with Gasteiger partial charge in [-0.15, -0.1) is 0 Å². The highest BCUT2D eigenvalue weighted by molar-refractivity contribution is 7.99. The second-order valence-corrected chi connectivity index (χ2v) is 4.63. The first-order chi connectivity index (χ1) is 6.18. The summed E-state index contributed by atoms with van der Waals surface area (Å²) in [7, 11) is 0. The van der Waals surface area contributed by atoms with Gasteiger partial charge in [0.1, 0.15) is 0 Å². The first-order valence-corrected chi connectivity index (χ1v) is 5.82. The van der Waals surface area contributed by atoms with Crippen molar-refractivity contribution in [1.82, 2.24) is 0 Å². The summed E-state index contributed by atoms with van der Waals surface area (Å²) in [5.74, 6) is 2.10. The Bertz CT molecular complexity index is 201. The van der Waals surface area contributed by atoms with E-state index >= 15 is 0 Å². The van der Waals surface area contributed by atoms with Gasteiger partial charge in [-0.2, -0.15) is 11.8 Å². The van der Waals surface area contributed by atoms with Gasteiger partial charge in [-0.05, 0) is 38.2 Å². The van der Waals surface area contributed by atoms with Crippen molar-refractivity contribution in [2.75, 3.05) is 11.5 Å². The number of carbonyl (C=O) groups is 1. The predicted octanol–water partition coefficient (Wildman–Crippen LogP) is 2.39. The van der Waals surface area contributed by atoms with Gasteiger partial charge in [0.2, 0.25) is 0 Å². The smallest absolute Gasteiger partial charge is 0.330 e. The highest BCUT2D eigenvalue weighted by Crippen LogP contribution is 2.21. The summed E-state index contributed by atoms with van der Waals surface area (Å²) in [6.45, 7) is 3.74. The fourth-order valence-corrected chi connectivity index (χ4v) is 2.23. The zero-order chi connectivity index (χ0) is 9.68. The molecule has 2 nitrogen and oxygen atoms in total. The number of ether oxygens (including phenoxy) is 1. The van der Waals surface area contributed by atoms with E-state index < -0.39 is 0 Å². The standard InChI is InChI=1S/C10H16O2S/c1-8(2)12-10(11)7-9-3-5-13-6-4-9/h7-8H,3-6H2,1-2H3. The van der Waals surface area contributed by atoms with Crippen LogP contribution >= 0.6 is 11.8 Å². The summed E-state index contributed by atoms with van der Waals surface area (Å²) < 4.78 is 5.03. The van der Waals surface area contributed by atoms with Crippen LogP contribution in [0.2, 0.25) is 0 Å². The molecule has 0 aliphatic carbocycles. The van der Waals surface area contributed by atoms with Crippen LogP contribution in [-0.2, 0) is 9.53 Å². The van der Waals surface area contributed by atoms with E-state index in [9.17, 15) is 4.79 Å². The molecule has 1 rings (SSSR count). The van der Waals surface area contributed by atoms with Gasteiger partial charge in [-0.3, -0.25) is 0 Å². The quantitative estimate of drug-likeness (QED) is 0.506. The fourth-order valence-electron chi connectivity index (χ4n) is 1.21. The zero-order valence-corrected chi connectivity index (χ0v) is 9.02. The van der Waals surface area contributed by atoms with E-state index in [4.69, 9.17) is 4.74 Å². The summed E-state index contributed by atoms with van der Waals surface area (Å²) in [4.78, 5) is 11.2. The summed E-state index contributed by atoms with van der Waals surface area (Å²) in [5, 5.41) is 0. The molecule has 0 radical (unpaired) electrons. The van der Waals surface area contributed by atoms with Crippen molar-refractivity contribution in [3.63, 3.8) is 0 Å². The maximum Gasteiger partial charge on any atom is 0.330 e. The lowest BCUT2D eigenvalue weighted by molar-refractivity contribution is -0.141. The monoisotopic (exact) mass is 200 g/mol. The molecule has 0 aromatic heterocycles. The molecule has 3 heteroatoms. The molecule has 0 amide bonds. The third-order valence-corrected chi connectivity index (χ3v) is 2.79. The SMILES string of the molecule is CC(C)OC(=O)C=C1CCSCC1. The van der Waals surface area contributed by atoms with E-state index in [1.807, 2.05) is 25.6 Å². The average molecular weight is 200 g/mol. The second kappa shape index (κ2) is 5.32. The van der Waals surface area contributed by atoms with Gasteiger partial charge in [0, 0.05) is 6.08 Å². The maximum atomic E-state index is 11.2. The van der Waals surface area contributed by atoms with Crippen molar-refractivity contribution in [1.29, 1.82) is 0 Å². The van der Waals surface area contributed by atoms with Gasteiger partial charge < -0.3 is 4.74 Å². The van der Waals surface area contributed by atoms with Crippen LogP contribution in [0.3, 0.4) is 0 Å². The van der Waals surface area contributed by atoms with Crippen molar-refractivity contribution in [2.24, 2.45) is 0 Å². The average Bonchev–Trinajstić information content (AvgIpc) is 2.04. The number of rotatable bonds is 2. The molecule has 0 spiro atoms. The summed E-state index contributed by atoms with van der Waals surface area (Å²) >= 11 is 1.95. The van der Waals surface area contributed by atoms with Crippen LogP contribution in [0.5, 0.6) is 0 Å². The number of hydrogen-bond donors (Lipinski definition) is 0. The van der Waals surface area contributed by atoms with Crippen LogP contribution in [0, 0.1) is 0 Å². The molecule has 1 heterocycles. The third kappa shape index (κ3) is 4.36. The molecule has 0 saturated carbocycles. The molecule has 13 heavy (non-hydrogen) atoms. The molecule has 0 aromatic rings. The van der Waals surface area contributed by atoms with Crippen molar-refractivity contribution in [2.45, 2.75) is 32.8 Å². The van der Waals surface area contributed by atoms with E-state index in [0.717, 1.165) is 24.3 Å². The number of esters is 1. The molecule has 1 fully saturated rings. The molecule has 0 atom stereocenters. The van der Waals surface area contributed by atoms with Gasteiger partial charge in [-0.1, -0.05) is 5.57 Å². The number of carbonyl (C=O) groups excluding carboxylic acids is 1. The topological polar surface area (TPSA) is 26.3 Å². The highest BCUT2D eigenvalue weighted by atomic mass is 32.2. The Labute approximate surface area is 83.7 Å². The van der Waals surface area contributed by atoms with Crippen LogP contribution in [0.15, 0.2) is 11.6 Å². The highest BCUT2D eigenvalue weighted by Gasteiger charge is 2.08. The Kier molecular flexibility index (Phi) is 4.36. The predicted molar refractivity (Wildman–Crippen MR) is 55.9 cm³/mol. The maximum absolute atomic E-state index is 11.2. The van der Waals surface area contributed by atoms with Crippen LogP contribution in [-0.4, -0.2) is 23.6 Å². The Morgan fingerprint density at radius 2 is 2.08 bits per heavy atom. The molecule has 1 aliphatic rings. The van der Waals surface area contributed by atoms with Gasteiger partial charge in [-0.25, -0.2) is 4.79 Å². The van der Waals surface area contributed by atoms with E-state index in [2.05, 4.69) is 0 Å². The van der Waals surface area contributed by atoms with Crippen molar-refractivity contribution in [3.8, 4) is 0 Å².